The van der Waals surface area contributed by atoms with E-state index in [0.717, 1.165) is 19.3 Å². The molecule has 0 fully saturated rings. The van der Waals surface area contributed by atoms with Gasteiger partial charge in [0.2, 0.25) is 5.75 Å². The highest BCUT2D eigenvalue weighted by Crippen LogP contribution is 2.23. The number of fused-ring (bicyclic) bond motifs is 1. The third kappa shape index (κ3) is 6.75. The Hall–Kier alpha value is -3.48. The molecule has 180 valence electrons. The van der Waals surface area contributed by atoms with Crippen LogP contribution in [-0.4, -0.2) is 44.9 Å². The molecule has 13 heteroatoms. The fourth-order valence-corrected chi connectivity index (χ4v) is 3.09. The van der Waals surface area contributed by atoms with Gasteiger partial charge in [0.1, 0.15) is 11.6 Å². The Balaban J connectivity index is 0.000000479. The minimum Gasteiger partial charge on any atom is -0.501 e. The molecule has 1 aliphatic rings. The number of carboxylic acid groups (broad SMARTS) is 1. The van der Waals surface area contributed by atoms with Crippen LogP contribution in [0.4, 0.5) is 17.6 Å². The van der Waals surface area contributed by atoms with Crippen molar-refractivity contribution in [3.63, 3.8) is 0 Å². The number of carbonyl (C=O) groups is 2. The first-order chi connectivity index (χ1) is 15.5. The fourth-order valence-electron chi connectivity index (χ4n) is 3.09. The van der Waals surface area contributed by atoms with Gasteiger partial charge < -0.3 is 20.8 Å². The van der Waals surface area contributed by atoms with E-state index in [2.05, 4.69) is 15.6 Å². The second-order valence-electron chi connectivity index (χ2n) is 7.07. The number of hydrogen-bond acceptors (Lipinski definition) is 6. The van der Waals surface area contributed by atoms with E-state index in [1.807, 2.05) is 0 Å². The number of amides is 1. The van der Waals surface area contributed by atoms with Crippen molar-refractivity contribution in [2.24, 2.45) is 0 Å². The number of benzene rings is 1. The summed E-state index contributed by atoms with van der Waals surface area (Å²) in [6.07, 6.45) is -2.56. The molecular formula is C20H22F4N4O5. The molecule has 1 aliphatic heterocycles. The topological polar surface area (TPSA) is 134 Å². The number of nitrogens with zero attached hydrogens (tertiary/aromatic N) is 2. The highest BCUT2D eigenvalue weighted by molar-refractivity contribution is 5.94. The number of aromatic hydroxyl groups is 1. The van der Waals surface area contributed by atoms with Crippen LogP contribution in [0.1, 0.15) is 47.2 Å². The molecule has 0 saturated carbocycles. The van der Waals surface area contributed by atoms with E-state index in [1.54, 1.807) is 19.2 Å². The van der Waals surface area contributed by atoms with E-state index in [1.165, 1.54) is 16.7 Å². The van der Waals surface area contributed by atoms with Crippen LogP contribution in [-0.2, 0) is 17.9 Å². The highest BCUT2D eigenvalue weighted by Gasteiger charge is 2.38. The Labute approximate surface area is 185 Å². The lowest BCUT2D eigenvalue weighted by molar-refractivity contribution is -0.192. The Morgan fingerprint density at radius 1 is 1.21 bits per heavy atom. The summed E-state index contributed by atoms with van der Waals surface area (Å²) in [6, 6.07) is 5.53. The summed E-state index contributed by atoms with van der Waals surface area (Å²) < 4.78 is 46.1. The molecule has 0 bridgehead atoms. The highest BCUT2D eigenvalue weighted by atomic mass is 19.4. The molecule has 1 aromatic heterocycles. The first-order valence-corrected chi connectivity index (χ1v) is 9.79. The van der Waals surface area contributed by atoms with Crippen molar-refractivity contribution < 1.29 is 37.4 Å². The van der Waals surface area contributed by atoms with Crippen molar-refractivity contribution in [1.82, 2.24) is 20.2 Å². The fraction of sp³-hybridized carbons (Fsp3) is 0.400. The lowest BCUT2D eigenvalue weighted by Gasteiger charge is -2.18. The zero-order valence-electron chi connectivity index (χ0n) is 17.4. The molecule has 0 radical (unpaired) electrons. The number of halogens is 4. The van der Waals surface area contributed by atoms with E-state index in [-0.39, 0.29) is 24.1 Å². The molecule has 0 saturated heterocycles. The largest absolute Gasteiger partial charge is 0.501 e. The summed E-state index contributed by atoms with van der Waals surface area (Å²) in [7, 11) is 1.77. The van der Waals surface area contributed by atoms with Crippen molar-refractivity contribution in [2.75, 3.05) is 7.05 Å². The second kappa shape index (κ2) is 10.9. The Morgan fingerprint density at radius 2 is 1.82 bits per heavy atom. The number of rotatable bonds is 4. The van der Waals surface area contributed by atoms with Gasteiger partial charge in [-0.15, -0.1) is 0 Å². The predicted molar refractivity (Wildman–Crippen MR) is 107 cm³/mol. The maximum Gasteiger partial charge on any atom is 0.490 e. The molecule has 2 aromatic rings. The number of nitrogens with one attached hydrogen (secondary N) is 2. The minimum absolute atomic E-state index is 0.133. The zero-order chi connectivity index (χ0) is 24.8. The maximum absolute atomic E-state index is 12.9. The van der Waals surface area contributed by atoms with Gasteiger partial charge in [0, 0.05) is 13.1 Å². The molecule has 4 N–H and O–H groups in total. The van der Waals surface area contributed by atoms with Gasteiger partial charge in [-0.1, -0.05) is 12.1 Å². The van der Waals surface area contributed by atoms with Crippen molar-refractivity contribution in [1.29, 1.82) is 0 Å². The smallest absolute Gasteiger partial charge is 0.490 e. The number of carboxylic acids is 1. The normalized spacial score (nSPS) is 15.5. The average Bonchev–Trinajstić information content (AvgIpc) is 2.97. The van der Waals surface area contributed by atoms with Gasteiger partial charge in [-0.2, -0.15) is 13.2 Å². The standard InChI is InChI=1S/C18H21FN4O3.C2HF3O2/c1-20-13-4-2-3-9-23-16(13)22-14(15(24)18(23)26)17(25)21-10-11-5-7-12(19)8-6-11;3-2(4,5)1(6)7/h5-8,13,20,24H,2-4,9-10H2,1H3,(H,21,25);(H,6,7). The van der Waals surface area contributed by atoms with Crippen molar-refractivity contribution in [2.45, 2.75) is 44.6 Å². The van der Waals surface area contributed by atoms with Gasteiger partial charge in [0.25, 0.3) is 11.5 Å². The summed E-state index contributed by atoms with van der Waals surface area (Å²) in [5.41, 5.74) is -0.201. The van der Waals surface area contributed by atoms with Gasteiger partial charge in [0.15, 0.2) is 5.69 Å². The van der Waals surface area contributed by atoms with Crippen LogP contribution in [0.25, 0.3) is 0 Å². The number of carbonyl (C=O) groups excluding carboxylic acids is 1. The van der Waals surface area contributed by atoms with Crippen LogP contribution in [0.5, 0.6) is 5.75 Å². The van der Waals surface area contributed by atoms with Crippen molar-refractivity contribution >= 4 is 11.9 Å². The summed E-state index contributed by atoms with van der Waals surface area (Å²) in [5, 5.41) is 23.0. The minimum atomic E-state index is -5.08. The van der Waals surface area contributed by atoms with Crippen molar-refractivity contribution in [3.8, 4) is 5.75 Å². The third-order valence-electron chi connectivity index (χ3n) is 4.78. The van der Waals surface area contributed by atoms with E-state index in [0.29, 0.717) is 17.9 Å². The van der Waals surface area contributed by atoms with Gasteiger partial charge >= 0.3 is 12.1 Å². The van der Waals surface area contributed by atoms with Gasteiger partial charge in [0.05, 0.1) is 6.04 Å². The van der Waals surface area contributed by atoms with Crippen LogP contribution in [0.15, 0.2) is 29.1 Å². The van der Waals surface area contributed by atoms with Crippen molar-refractivity contribution in [3.05, 3.63) is 57.5 Å². The van der Waals surface area contributed by atoms with Crippen LogP contribution in [0, 0.1) is 5.82 Å². The molecule has 3 rings (SSSR count). The maximum atomic E-state index is 12.9. The van der Waals surface area contributed by atoms with E-state index >= 15 is 0 Å². The van der Waals surface area contributed by atoms with Gasteiger partial charge in [-0.25, -0.2) is 14.2 Å². The Bertz CT molecular complexity index is 1050. The van der Waals surface area contributed by atoms with Crippen LogP contribution in [0.2, 0.25) is 0 Å². The average molecular weight is 474 g/mol. The molecule has 2 heterocycles. The second-order valence-corrected chi connectivity index (χ2v) is 7.07. The molecule has 1 atom stereocenters. The van der Waals surface area contributed by atoms with E-state index < -0.39 is 29.4 Å². The van der Waals surface area contributed by atoms with E-state index in [4.69, 9.17) is 9.90 Å². The summed E-state index contributed by atoms with van der Waals surface area (Å²) in [6.45, 7) is 0.596. The zero-order valence-corrected chi connectivity index (χ0v) is 17.4. The third-order valence-corrected chi connectivity index (χ3v) is 4.78. The molecule has 1 aromatic carbocycles. The molecule has 33 heavy (non-hydrogen) atoms. The summed E-state index contributed by atoms with van der Waals surface area (Å²) in [5.74, 6) is -3.96. The SMILES string of the molecule is CNC1CCCCn2c1nc(C(=O)NCc1ccc(F)cc1)c(O)c2=O.O=C(O)C(F)(F)F. The molecule has 0 aliphatic carbocycles. The lowest BCUT2D eigenvalue weighted by Crippen LogP contribution is -2.33. The van der Waals surface area contributed by atoms with Crippen LogP contribution in [0.3, 0.4) is 0 Å². The first-order valence-electron chi connectivity index (χ1n) is 9.79. The molecular weight excluding hydrogens is 452 g/mol. The first kappa shape index (κ1) is 25.8. The summed E-state index contributed by atoms with van der Waals surface area (Å²) >= 11 is 0. The van der Waals surface area contributed by atoms with Gasteiger partial charge in [-0.3, -0.25) is 14.2 Å². The number of aromatic nitrogens is 2. The quantitative estimate of drug-likeness (QED) is 0.499. The Morgan fingerprint density at radius 3 is 2.36 bits per heavy atom. The number of hydrogen-bond donors (Lipinski definition) is 4. The Kier molecular flexibility index (Phi) is 8.51. The van der Waals surface area contributed by atoms with Crippen LogP contribution >= 0.6 is 0 Å². The summed E-state index contributed by atoms with van der Waals surface area (Å²) in [4.78, 5) is 38.1. The number of aliphatic carboxylic acids is 1. The predicted octanol–water partition coefficient (Wildman–Crippen LogP) is 2.10. The van der Waals surface area contributed by atoms with E-state index in [9.17, 15) is 32.3 Å². The van der Waals surface area contributed by atoms with Crippen LogP contribution < -0.4 is 16.2 Å². The molecule has 0 spiro atoms. The molecule has 9 nitrogen and oxygen atoms in total. The van der Waals surface area contributed by atoms with Gasteiger partial charge in [-0.05, 0) is 44.0 Å². The lowest BCUT2D eigenvalue weighted by atomic mass is 10.1. The monoisotopic (exact) mass is 474 g/mol. The molecule has 1 unspecified atom stereocenters. The molecule has 1 amide bonds. The number of alkyl halides is 3.